The first-order valence-corrected chi connectivity index (χ1v) is 7.01. The minimum Gasteiger partial charge on any atom is -0.326 e. The van der Waals surface area contributed by atoms with Crippen molar-refractivity contribution in [3.05, 3.63) is 34.4 Å². The summed E-state index contributed by atoms with van der Waals surface area (Å²) in [6.07, 6.45) is 3.71. The van der Waals surface area contributed by atoms with Crippen LogP contribution in [0.5, 0.6) is 0 Å². The van der Waals surface area contributed by atoms with Crippen LogP contribution in [-0.2, 0) is 6.54 Å². The molecule has 1 aromatic carbocycles. The normalized spacial score (nSPS) is 23.9. The van der Waals surface area contributed by atoms with Crippen LogP contribution in [0, 0.1) is 20.8 Å². The van der Waals surface area contributed by atoms with Gasteiger partial charge in [-0.3, -0.25) is 4.90 Å². The fraction of sp³-hybridized carbons (Fsp3) is 0.625. The topological polar surface area (TPSA) is 29.3 Å². The average molecular weight is 246 g/mol. The summed E-state index contributed by atoms with van der Waals surface area (Å²) in [5, 5.41) is 0. The van der Waals surface area contributed by atoms with E-state index in [2.05, 4.69) is 44.9 Å². The van der Waals surface area contributed by atoms with E-state index in [1.165, 1.54) is 41.5 Å². The van der Waals surface area contributed by atoms with Crippen molar-refractivity contribution in [1.82, 2.24) is 4.90 Å². The highest BCUT2D eigenvalue weighted by atomic mass is 15.1. The Morgan fingerprint density at radius 1 is 1.11 bits per heavy atom. The van der Waals surface area contributed by atoms with Crippen molar-refractivity contribution in [2.75, 3.05) is 7.05 Å². The Hall–Kier alpha value is -0.860. The molecule has 0 spiro atoms. The van der Waals surface area contributed by atoms with E-state index in [4.69, 9.17) is 5.73 Å². The molecule has 1 aliphatic rings. The van der Waals surface area contributed by atoms with Gasteiger partial charge in [-0.1, -0.05) is 18.6 Å². The maximum Gasteiger partial charge on any atom is 0.0247 e. The number of hydrogen-bond acceptors (Lipinski definition) is 2. The summed E-state index contributed by atoms with van der Waals surface area (Å²) in [7, 11) is 2.21. The summed E-state index contributed by atoms with van der Waals surface area (Å²) in [6, 6.07) is 5.56. The van der Waals surface area contributed by atoms with Gasteiger partial charge in [-0.2, -0.15) is 0 Å². The van der Waals surface area contributed by atoms with Crippen molar-refractivity contribution < 1.29 is 0 Å². The third-order valence-electron chi connectivity index (χ3n) is 4.47. The highest BCUT2D eigenvalue weighted by molar-refractivity contribution is 5.36. The van der Waals surface area contributed by atoms with Gasteiger partial charge in [0.1, 0.15) is 0 Å². The smallest absolute Gasteiger partial charge is 0.0247 e. The highest BCUT2D eigenvalue weighted by Gasteiger charge is 2.27. The van der Waals surface area contributed by atoms with Gasteiger partial charge >= 0.3 is 0 Å². The minimum atomic E-state index is 0.363. The van der Waals surface area contributed by atoms with E-state index in [0.717, 1.165) is 6.54 Å². The van der Waals surface area contributed by atoms with Gasteiger partial charge in [-0.15, -0.1) is 0 Å². The number of likely N-dealkylation sites (N-methyl/N-ethyl adjacent to an activating group) is 1. The zero-order valence-corrected chi connectivity index (χ0v) is 12.2. The Kier molecular flexibility index (Phi) is 4.08. The van der Waals surface area contributed by atoms with Crippen LogP contribution in [0.4, 0.5) is 0 Å². The van der Waals surface area contributed by atoms with Crippen molar-refractivity contribution in [3.8, 4) is 0 Å². The number of rotatable bonds is 3. The average Bonchev–Trinajstić information content (AvgIpc) is 2.72. The molecule has 0 aromatic heterocycles. The van der Waals surface area contributed by atoms with Crippen LogP contribution in [0.3, 0.4) is 0 Å². The van der Waals surface area contributed by atoms with E-state index in [0.29, 0.717) is 12.1 Å². The van der Waals surface area contributed by atoms with Crippen LogP contribution in [0.2, 0.25) is 0 Å². The zero-order chi connectivity index (χ0) is 13.3. The number of hydrogen-bond donors (Lipinski definition) is 1. The third kappa shape index (κ3) is 2.76. The van der Waals surface area contributed by atoms with Crippen LogP contribution in [0.15, 0.2) is 12.1 Å². The predicted octanol–water partition coefficient (Wildman–Crippen LogP) is 2.92. The molecule has 1 saturated carbocycles. The van der Waals surface area contributed by atoms with Crippen molar-refractivity contribution >= 4 is 0 Å². The molecule has 0 radical (unpaired) electrons. The van der Waals surface area contributed by atoms with Crippen molar-refractivity contribution in [2.45, 2.75) is 58.7 Å². The first kappa shape index (κ1) is 13.6. The molecule has 0 bridgehead atoms. The highest BCUT2D eigenvalue weighted by Crippen LogP contribution is 2.24. The van der Waals surface area contributed by atoms with E-state index < -0.39 is 0 Å². The second-order valence-electron chi connectivity index (χ2n) is 5.94. The molecule has 0 amide bonds. The lowest BCUT2D eigenvalue weighted by molar-refractivity contribution is 0.220. The minimum absolute atomic E-state index is 0.363. The van der Waals surface area contributed by atoms with Crippen LogP contribution in [0.25, 0.3) is 0 Å². The first-order chi connectivity index (χ1) is 8.49. The van der Waals surface area contributed by atoms with E-state index in [1.807, 2.05) is 0 Å². The Balaban J connectivity index is 2.11. The summed E-state index contributed by atoms with van der Waals surface area (Å²) in [6.45, 7) is 7.61. The Morgan fingerprint density at radius 3 is 2.39 bits per heavy atom. The second-order valence-corrected chi connectivity index (χ2v) is 5.94. The van der Waals surface area contributed by atoms with Gasteiger partial charge in [0.2, 0.25) is 0 Å². The van der Waals surface area contributed by atoms with E-state index in [-0.39, 0.29) is 0 Å². The van der Waals surface area contributed by atoms with Gasteiger partial charge < -0.3 is 5.73 Å². The van der Waals surface area contributed by atoms with Crippen molar-refractivity contribution in [3.63, 3.8) is 0 Å². The Morgan fingerprint density at radius 2 is 1.78 bits per heavy atom. The monoisotopic (exact) mass is 246 g/mol. The first-order valence-electron chi connectivity index (χ1n) is 7.01. The molecule has 2 heteroatoms. The van der Waals surface area contributed by atoms with Crippen LogP contribution < -0.4 is 5.73 Å². The molecule has 0 heterocycles. The van der Waals surface area contributed by atoms with Crippen LogP contribution >= 0.6 is 0 Å². The lowest BCUT2D eigenvalue weighted by atomic mass is 10.00. The summed E-state index contributed by atoms with van der Waals surface area (Å²) in [5.74, 6) is 0. The molecule has 2 rings (SSSR count). The van der Waals surface area contributed by atoms with E-state index >= 15 is 0 Å². The number of nitrogens with zero attached hydrogens (tertiary/aromatic N) is 1. The van der Waals surface area contributed by atoms with Crippen LogP contribution in [-0.4, -0.2) is 24.0 Å². The molecule has 2 atom stereocenters. The number of aryl methyl sites for hydroxylation is 3. The number of nitrogens with two attached hydrogens (primary N) is 1. The molecular formula is C16H26N2. The lowest BCUT2D eigenvalue weighted by Crippen LogP contribution is -2.41. The summed E-state index contributed by atoms with van der Waals surface area (Å²) in [5.41, 5.74) is 11.8. The molecule has 18 heavy (non-hydrogen) atoms. The molecule has 100 valence electrons. The third-order valence-corrected chi connectivity index (χ3v) is 4.47. The maximum absolute atomic E-state index is 6.18. The molecule has 1 aliphatic carbocycles. The molecule has 2 nitrogen and oxygen atoms in total. The maximum atomic E-state index is 6.18. The molecule has 2 unspecified atom stereocenters. The fourth-order valence-electron chi connectivity index (χ4n) is 3.09. The van der Waals surface area contributed by atoms with Gasteiger partial charge in [0, 0.05) is 18.6 Å². The molecule has 1 fully saturated rings. The Labute approximate surface area is 111 Å². The summed E-state index contributed by atoms with van der Waals surface area (Å²) < 4.78 is 0. The van der Waals surface area contributed by atoms with Gasteiger partial charge in [0.05, 0.1) is 0 Å². The van der Waals surface area contributed by atoms with E-state index in [1.54, 1.807) is 0 Å². The largest absolute Gasteiger partial charge is 0.326 e. The van der Waals surface area contributed by atoms with Gasteiger partial charge in [-0.25, -0.2) is 0 Å². The quantitative estimate of drug-likeness (QED) is 0.888. The molecule has 2 N–H and O–H groups in total. The molecular weight excluding hydrogens is 220 g/mol. The SMILES string of the molecule is Cc1cc(C)c(CN(C)C2CCCC2N)cc1C. The molecule has 1 aromatic rings. The van der Waals surface area contributed by atoms with Gasteiger partial charge in [0.15, 0.2) is 0 Å². The van der Waals surface area contributed by atoms with Crippen molar-refractivity contribution in [2.24, 2.45) is 5.73 Å². The molecule has 0 aliphatic heterocycles. The van der Waals surface area contributed by atoms with Gasteiger partial charge in [-0.05, 0) is 62.9 Å². The molecule has 0 saturated heterocycles. The zero-order valence-electron chi connectivity index (χ0n) is 12.2. The predicted molar refractivity (Wildman–Crippen MR) is 77.7 cm³/mol. The number of benzene rings is 1. The van der Waals surface area contributed by atoms with Gasteiger partial charge in [0.25, 0.3) is 0 Å². The lowest BCUT2D eigenvalue weighted by Gasteiger charge is -2.28. The summed E-state index contributed by atoms with van der Waals surface area (Å²) in [4.78, 5) is 2.44. The standard InChI is InChI=1S/C16H26N2/c1-11-8-13(3)14(9-12(11)2)10-18(4)16-7-5-6-15(16)17/h8-9,15-16H,5-7,10,17H2,1-4H3. The second kappa shape index (κ2) is 5.41. The van der Waals surface area contributed by atoms with Crippen molar-refractivity contribution in [1.29, 1.82) is 0 Å². The fourth-order valence-corrected chi connectivity index (χ4v) is 3.09. The Bertz CT molecular complexity index is 425. The van der Waals surface area contributed by atoms with Crippen LogP contribution in [0.1, 0.15) is 41.5 Å². The summed E-state index contributed by atoms with van der Waals surface area (Å²) >= 11 is 0. The van der Waals surface area contributed by atoms with E-state index in [9.17, 15) is 0 Å².